The van der Waals surface area contributed by atoms with Crippen molar-refractivity contribution in [2.45, 2.75) is 30.9 Å². The van der Waals surface area contributed by atoms with Crippen molar-refractivity contribution in [2.24, 2.45) is 0 Å². The number of amides is 2. The molecule has 110 valence electrons. The van der Waals surface area contributed by atoms with E-state index in [1.165, 1.54) is 24.9 Å². The Morgan fingerprint density at radius 3 is 2.75 bits per heavy atom. The van der Waals surface area contributed by atoms with E-state index in [1.807, 2.05) is 0 Å². The Bertz CT molecular complexity index is 444. The summed E-state index contributed by atoms with van der Waals surface area (Å²) in [7, 11) is 1.29. The van der Waals surface area contributed by atoms with Crippen molar-refractivity contribution in [3.63, 3.8) is 0 Å². The molecule has 0 bridgehead atoms. The van der Waals surface area contributed by atoms with Gasteiger partial charge in [-0.25, -0.2) is 0 Å². The minimum Gasteiger partial charge on any atom is -0.469 e. The van der Waals surface area contributed by atoms with Gasteiger partial charge in [0.05, 0.1) is 18.6 Å². The highest BCUT2D eigenvalue weighted by Crippen LogP contribution is 2.29. The first-order valence-corrected chi connectivity index (χ1v) is 7.53. The average molecular weight is 298 g/mol. The molecule has 0 aromatic carbocycles. The van der Waals surface area contributed by atoms with E-state index in [2.05, 4.69) is 10.1 Å². The number of nitrogens with zero attached hydrogens (tertiary/aromatic N) is 1. The molecular weight excluding hydrogens is 280 g/mol. The van der Waals surface area contributed by atoms with Crippen molar-refractivity contribution >= 4 is 29.5 Å². The fraction of sp³-hybridized carbons (Fsp3) is 0.615. The third kappa shape index (κ3) is 3.75. The van der Waals surface area contributed by atoms with Crippen LogP contribution in [-0.2, 0) is 19.1 Å². The number of esters is 1. The summed E-state index contributed by atoms with van der Waals surface area (Å²) >= 11 is 1.21. The van der Waals surface area contributed by atoms with E-state index in [4.69, 9.17) is 0 Å². The van der Waals surface area contributed by atoms with Gasteiger partial charge in [-0.2, -0.15) is 0 Å². The van der Waals surface area contributed by atoms with Gasteiger partial charge in [0, 0.05) is 19.2 Å². The fourth-order valence-electron chi connectivity index (χ4n) is 2.20. The Hall–Kier alpha value is -1.50. The van der Waals surface area contributed by atoms with E-state index in [9.17, 15) is 14.4 Å². The van der Waals surface area contributed by atoms with Gasteiger partial charge in [0.15, 0.2) is 0 Å². The van der Waals surface area contributed by atoms with Gasteiger partial charge in [0.25, 0.3) is 0 Å². The van der Waals surface area contributed by atoms with E-state index >= 15 is 0 Å². The number of hydrogen-bond acceptors (Lipinski definition) is 5. The molecule has 1 N–H and O–H groups in total. The second-order valence-electron chi connectivity index (χ2n) is 4.77. The molecule has 2 rings (SSSR count). The zero-order valence-electron chi connectivity index (χ0n) is 11.4. The quantitative estimate of drug-likeness (QED) is 0.611. The highest BCUT2D eigenvalue weighted by atomic mass is 32.2. The van der Waals surface area contributed by atoms with Gasteiger partial charge in [0.2, 0.25) is 11.8 Å². The first-order chi connectivity index (χ1) is 9.60. The molecule has 2 amide bonds. The number of likely N-dealkylation sites (tertiary alicyclic amines) is 1. The summed E-state index contributed by atoms with van der Waals surface area (Å²) in [6.45, 7) is 1.54. The molecule has 0 aromatic rings. The highest BCUT2D eigenvalue weighted by molar-refractivity contribution is 8.04. The lowest BCUT2D eigenvalue weighted by molar-refractivity contribution is -0.141. The molecule has 0 aliphatic carbocycles. The van der Waals surface area contributed by atoms with Crippen LogP contribution in [0.3, 0.4) is 0 Å². The van der Waals surface area contributed by atoms with Crippen molar-refractivity contribution in [3.8, 4) is 0 Å². The summed E-state index contributed by atoms with van der Waals surface area (Å²) in [5, 5.41) is 2.64. The molecule has 0 saturated carbocycles. The van der Waals surface area contributed by atoms with Crippen molar-refractivity contribution in [1.82, 2.24) is 10.2 Å². The molecule has 0 aromatic heterocycles. The van der Waals surface area contributed by atoms with Gasteiger partial charge in [0.1, 0.15) is 5.25 Å². The maximum atomic E-state index is 12.0. The van der Waals surface area contributed by atoms with Crippen molar-refractivity contribution in [3.05, 3.63) is 11.1 Å². The van der Waals surface area contributed by atoms with Gasteiger partial charge in [-0.1, -0.05) is 11.8 Å². The summed E-state index contributed by atoms with van der Waals surface area (Å²) in [4.78, 5) is 36.7. The predicted molar refractivity (Wildman–Crippen MR) is 74.7 cm³/mol. The van der Waals surface area contributed by atoms with Crippen LogP contribution in [0.25, 0.3) is 0 Å². The van der Waals surface area contributed by atoms with Crippen molar-refractivity contribution in [1.29, 1.82) is 0 Å². The largest absolute Gasteiger partial charge is 0.469 e. The summed E-state index contributed by atoms with van der Waals surface area (Å²) in [6.07, 6.45) is 4.68. The van der Waals surface area contributed by atoms with E-state index in [-0.39, 0.29) is 18.2 Å². The molecule has 7 heteroatoms. The van der Waals surface area contributed by atoms with Crippen LogP contribution in [0, 0.1) is 0 Å². The van der Waals surface area contributed by atoms with E-state index in [0.29, 0.717) is 5.03 Å². The van der Waals surface area contributed by atoms with Gasteiger partial charge >= 0.3 is 5.97 Å². The zero-order chi connectivity index (χ0) is 14.5. The lowest BCUT2D eigenvalue weighted by atomic mass is 10.1. The Labute approximate surface area is 121 Å². The lowest BCUT2D eigenvalue weighted by Crippen LogP contribution is -2.34. The van der Waals surface area contributed by atoms with Gasteiger partial charge < -0.3 is 15.0 Å². The Balaban J connectivity index is 1.93. The van der Waals surface area contributed by atoms with Crippen LogP contribution >= 0.6 is 11.8 Å². The maximum Gasteiger partial charge on any atom is 0.307 e. The Morgan fingerprint density at radius 2 is 2.10 bits per heavy atom. The van der Waals surface area contributed by atoms with Gasteiger partial charge in [-0.05, 0) is 19.3 Å². The molecule has 0 spiro atoms. The maximum absolute atomic E-state index is 12.0. The summed E-state index contributed by atoms with van der Waals surface area (Å²) in [5.74, 6) is -0.759. The molecule has 1 atom stereocenters. The number of piperidine rings is 1. The number of nitrogens with one attached hydrogen (secondary N) is 1. The highest BCUT2D eigenvalue weighted by Gasteiger charge is 2.32. The molecule has 2 saturated heterocycles. The minimum absolute atomic E-state index is 0.0161. The topological polar surface area (TPSA) is 75.7 Å². The third-order valence-corrected chi connectivity index (χ3v) is 4.45. The summed E-state index contributed by atoms with van der Waals surface area (Å²) in [6, 6.07) is 0. The average Bonchev–Trinajstić information content (AvgIpc) is 2.79. The second-order valence-corrected chi connectivity index (χ2v) is 6.02. The van der Waals surface area contributed by atoms with E-state index < -0.39 is 11.2 Å². The zero-order valence-corrected chi connectivity index (χ0v) is 12.2. The van der Waals surface area contributed by atoms with Crippen molar-refractivity contribution in [2.75, 3.05) is 20.2 Å². The molecule has 20 heavy (non-hydrogen) atoms. The van der Waals surface area contributed by atoms with Gasteiger partial charge in [-0.15, -0.1) is 0 Å². The normalized spacial score (nSPS) is 24.6. The first kappa shape index (κ1) is 14.9. The third-order valence-electron chi connectivity index (χ3n) is 3.31. The van der Waals surface area contributed by atoms with Crippen LogP contribution < -0.4 is 5.32 Å². The number of rotatable bonds is 3. The van der Waals surface area contributed by atoms with Crippen LogP contribution in [0.15, 0.2) is 11.1 Å². The predicted octanol–water partition coefficient (Wildman–Crippen LogP) is 0.635. The number of carbonyl (C=O) groups excluding carboxylic acids is 3. The van der Waals surface area contributed by atoms with Crippen LogP contribution in [-0.4, -0.2) is 48.1 Å². The molecular formula is C13H18N2O4S. The molecule has 2 fully saturated rings. The number of hydrogen-bond donors (Lipinski definition) is 1. The summed E-state index contributed by atoms with van der Waals surface area (Å²) in [5.41, 5.74) is 0. The molecule has 2 aliphatic heterocycles. The number of thioether (sulfide) groups is 1. The molecule has 1 unspecified atom stereocenters. The van der Waals surface area contributed by atoms with Crippen molar-refractivity contribution < 1.29 is 19.1 Å². The fourth-order valence-corrected chi connectivity index (χ4v) is 3.22. The Morgan fingerprint density at radius 1 is 1.40 bits per heavy atom. The first-order valence-electron chi connectivity index (χ1n) is 6.65. The second kappa shape index (κ2) is 6.78. The molecule has 2 aliphatic rings. The number of carbonyl (C=O) groups is 3. The molecule has 2 heterocycles. The summed E-state index contributed by atoms with van der Waals surface area (Å²) < 4.78 is 4.55. The van der Waals surface area contributed by atoms with Crippen LogP contribution in [0.5, 0.6) is 0 Å². The van der Waals surface area contributed by atoms with E-state index in [0.717, 1.165) is 32.4 Å². The standard InChI is InChI=1S/C13H18N2O4S/c1-19-12(17)7-9-13(18)14-10(20-9)8-11(16)15-5-3-2-4-6-15/h8-9H,2-7H2,1H3,(H,14,18)/b10-8+. The molecule has 0 radical (unpaired) electrons. The number of ether oxygens (including phenoxy) is 1. The monoisotopic (exact) mass is 298 g/mol. The minimum atomic E-state index is -0.511. The molecule has 6 nitrogen and oxygen atoms in total. The Kier molecular flexibility index (Phi) is 5.05. The number of methoxy groups -OCH3 is 1. The van der Waals surface area contributed by atoms with E-state index in [1.54, 1.807) is 4.90 Å². The van der Waals surface area contributed by atoms with Crippen LogP contribution in [0.2, 0.25) is 0 Å². The van der Waals surface area contributed by atoms with Crippen LogP contribution in [0.1, 0.15) is 25.7 Å². The van der Waals surface area contributed by atoms with Crippen LogP contribution in [0.4, 0.5) is 0 Å². The van der Waals surface area contributed by atoms with Gasteiger partial charge in [-0.3, -0.25) is 14.4 Å². The smallest absolute Gasteiger partial charge is 0.307 e. The SMILES string of the molecule is COC(=O)CC1S/C(=C/C(=O)N2CCCCC2)NC1=O. The lowest BCUT2D eigenvalue weighted by Gasteiger charge is -2.25.